The lowest BCUT2D eigenvalue weighted by molar-refractivity contribution is -0.126. The van der Waals surface area contributed by atoms with Crippen LogP contribution in [0.25, 0.3) is 0 Å². The van der Waals surface area contributed by atoms with E-state index in [4.69, 9.17) is 9.47 Å². The van der Waals surface area contributed by atoms with Crippen LogP contribution in [-0.4, -0.2) is 79.9 Å². The van der Waals surface area contributed by atoms with Crippen molar-refractivity contribution in [3.05, 3.63) is 35.0 Å². The van der Waals surface area contributed by atoms with Gasteiger partial charge in [-0.3, -0.25) is 9.69 Å². The summed E-state index contributed by atoms with van der Waals surface area (Å²) in [5, 5.41) is 15.4. The number of phenols is 1. The normalized spacial score (nSPS) is 22.8. The lowest BCUT2D eigenvalue weighted by atomic mass is 9.96. The number of hydrogen-bond donors (Lipinski definition) is 3. The summed E-state index contributed by atoms with van der Waals surface area (Å²) in [6, 6.07) is 3.89. The first-order chi connectivity index (χ1) is 13.6. The Bertz CT molecular complexity index is 819. The maximum absolute atomic E-state index is 13.1. The van der Waals surface area contributed by atoms with Crippen molar-refractivity contribution in [2.45, 2.75) is 6.04 Å². The summed E-state index contributed by atoms with van der Waals surface area (Å²) in [6.07, 6.45) is 0. The highest BCUT2D eigenvalue weighted by Gasteiger charge is 2.40. The number of urea groups is 1. The van der Waals surface area contributed by atoms with Crippen molar-refractivity contribution in [2.24, 2.45) is 0 Å². The second-order valence-corrected chi connectivity index (χ2v) is 7.04. The van der Waals surface area contributed by atoms with Crippen molar-refractivity contribution in [1.82, 2.24) is 20.4 Å². The van der Waals surface area contributed by atoms with Crippen LogP contribution in [0.5, 0.6) is 11.5 Å². The van der Waals surface area contributed by atoms with Crippen LogP contribution in [0.15, 0.2) is 29.5 Å². The van der Waals surface area contributed by atoms with Gasteiger partial charge in [0.25, 0.3) is 5.91 Å². The maximum Gasteiger partial charge on any atom is 0.319 e. The summed E-state index contributed by atoms with van der Waals surface area (Å²) < 4.78 is 10.5. The van der Waals surface area contributed by atoms with Crippen LogP contribution in [-0.2, 0) is 9.53 Å². The molecule has 3 aliphatic heterocycles. The highest BCUT2D eigenvalue weighted by atomic mass is 16.5. The summed E-state index contributed by atoms with van der Waals surface area (Å²) in [6.45, 7) is 4.91. The Hall–Kier alpha value is -2.78. The maximum atomic E-state index is 13.1. The molecule has 1 atom stereocenters. The zero-order valence-corrected chi connectivity index (χ0v) is 15.7. The Morgan fingerprint density at radius 3 is 2.79 bits per heavy atom. The minimum absolute atomic E-state index is 0.00519. The number of aromatic hydroxyl groups is 1. The highest BCUT2D eigenvalue weighted by Crippen LogP contribution is 2.36. The van der Waals surface area contributed by atoms with Gasteiger partial charge in [-0.15, -0.1) is 0 Å². The summed E-state index contributed by atoms with van der Waals surface area (Å²) >= 11 is 0. The topological polar surface area (TPSA) is 103 Å². The van der Waals surface area contributed by atoms with Crippen LogP contribution >= 0.6 is 0 Å². The molecule has 3 N–H and O–H groups in total. The van der Waals surface area contributed by atoms with E-state index in [1.165, 1.54) is 13.2 Å². The zero-order chi connectivity index (χ0) is 19.7. The van der Waals surface area contributed by atoms with Gasteiger partial charge in [-0.05, 0) is 17.7 Å². The number of nitrogens with one attached hydrogen (secondary N) is 2. The van der Waals surface area contributed by atoms with Crippen molar-refractivity contribution in [3.63, 3.8) is 0 Å². The molecule has 0 unspecified atom stereocenters. The predicted molar refractivity (Wildman–Crippen MR) is 99.9 cm³/mol. The van der Waals surface area contributed by atoms with Crippen molar-refractivity contribution < 1.29 is 24.2 Å². The number of hydrogen-bond acceptors (Lipinski definition) is 6. The molecule has 0 aliphatic carbocycles. The van der Waals surface area contributed by atoms with Gasteiger partial charge in [0.15, 0.2) is 11.5 Å². The third-order valence-electron chi connectivity index (χ3n) is 5.35. The third-order valence-corrected chi connectivity index (χ3v) is 5.35. The molecular formula is C19H24N4O5. The van der Waals surface area contributed by atoms with E-state index in [0.29, 0.717) is 48.9 Å². The van der Waals surface area contributed by atoms with E-state index in [9.17, 15) is 14.7 Å². The molecule has 3 heterocycles. The van der Waals surface area contributed by atoms with Gasteiger partial charge in [-0.2, -0.15) is 0 Å². The molecule has 1 saturated heterocycles. The Balaban J connectivity index is 1.52. The molecule has 150 valence electrons. The van der Waals surface area contributed by atoms with E-state index < -0.39 is 6.04 Å². The molecule has 9 nitrogen and oxygen atoms in total. The minimum atomic E-state index is -0.584. The first kappa shape index (κ1) is 18.6. The summed E-state index contributed by atoms with van der Waals surface area (Å²) in [7, 11) is 1.46. The number of methoxy groups -OCH3 is 1. The molecule has 1 aromatic carbocycles. The smallest absolute Gasteiger partial charge is 0.319 e. The SMILES string of the molecule is COc1cc([C@H]2NC(=O)NC3=C2C(=O)N(CCN2CCOCC2)C3)ccc1O. The van der Waals surface area contributed by atoms with Crippen LogP contribution in [0.3, 0.4) is 0 Å². The Labute approximate surface area is 162 Å². The number of benzene rings is 1. The van der Waals surface area contributed by atoms with Crippen molar-refractivity contribution in [1.29, 1.82) is 0 Å². The van der Waals surface area contributed by atoms with E-state index in [1.807, 2.05) is 0 Å². The van der Waals surface area contributed by atoms with Gasteiger partial charge in [0, 0.05) is 26.2 Å². The largest absolute Gasteiger partial charge is 0.504 e. The van der Waals surface area contributed by atoms with E-state index >= 15 is 0 Å². The second-order valence-electron chi connectivity index (χ2n) is 7.04. The molecule has 3 aliphatic rings. The Morgan fingerprint density at radius 2 is 2.04 bits per heavy atom. The Kier molecular flexibility index (Phi) is 5.10. The Morgan fingerprint density at radius 1 is 1.25 bits per heavy atom. The quantitative estimate of drug-likeness (QED) is 0.665. The predicted octanol–water partition coefficient (Wildman–Crippen LogP) is 0.183. The van der Waals surface area contributed by atoms with Crippen LogP contribution < -0.4 is 15.4 Å². The molecule has 0 bridgehead atoms. The standard InChI is InChI=1S/C19H24N4O5/c1-27-15-10-12(2-3-14(15)24)17-16-13(20-19(26)21-17)11-23(18(16)25)5-4-22-6-8-28-9-7-22/h2-3,10,17,24H,4-9,11H2,1H3,(H2,20,21,26)/t17-/m1/s1. The molecule has 3 amide bonds. The van der Waals surface area contributed by atoms with Crippen LogP contribution in [0.2, 0.25) is 0 Å². The third kappa shape index (κ3) is 3.50. The van der Waals surface area contributed by atoms with Crippen molar-refractivity contribution in [2.75, 3.05) is 53.0 Å². The van der Waals surface area contributed by atoms with Crippen LogP contribution in [0.4, 0.5) is 4.79 Å². The first-order valence-electron chi connectivity index (χ1n) is 9.33. The highest BCUT2D eigenvalue weighted by molar-refractivity contribution is 6.01. The minimum Gasteiger partial charge on any atom is -0.504 e. The van der Waals surface area contributed by atoms with Crippen LogP contribution in [0, 0.1) is 0 Å². The van der Waals surface area contributed by atoms with Crippen LogP contribution in [0.1, 0.15) is 11.6 Å². The molecule has 9 heteroatoms. The molecule has 0 spiro atoms. The molecule has 0 radical (unpaired) electrons. The number of phenolic OH excluding ortho intramolecular Hbond substituents is 1. The van der Waals surface area contributed by atoms with Gasteiger partial charge >= 0.3 is 6.03 Å². The molecule has 0 saturated carbocycles. The zero-order valence-electron chi connectivity index (χ0n) is 15.7. The number of carbonyl (C=O) groups excluding carboxylic acids is 2. The molecular weight excluding hydrogens is 364 g/mol. The molecule has 0 aromatic heterocycles. The number of carbonyl (C=O) groups is 2. The number of morpholine rings is 1. The van der Waals surface area contributed by atoms with E-state index in [2.05, 4.69) is 15.5 Å². The molecule has 1 fully saturated rings. The number of amides is 3. The van der Waals surface area contributed by atoms with Gasteiger partial charge in [-0.1, -0.05) is 6.07 Å². The fourth-order valence-corrected chi connectivity index (χ4v) is 3.82. The fourth-order valence-electron chi connectivity index (χ4n) is 3.82. The molecule has 28 heavy (non-hydrogen) atoms. The van der Waals surface area contributed by atoms with E-state index in [0.717, 1.165) is 19.6 Å². The average Bonchev–Trinajstić information content (AvgIpc) is 3.02. The monoisotopic (exact) mass is 388 g/mol. The summed E-state index contributed by atoms with van der Waals surface area (Å²) in [5.74, 6) is 0.209. The average molecular weight is 388 g/mol. The lowest BCUT2D eigenvalue weighted by Gasteiger charge is -2.28. The van der Waals surface area contributed by atoms with Gasteiger partial charge in [0.2, 0.25) is 0 Å². The molecule has 4 rings (SSSR count). The molecule has 1 aromatic rings. The van der Waals surface area contributed by atoms with Gasteiger partial charge in [-0.25, -0.2) is 4.79 Å². The number of ether oxygens (including phenoxy) is 2. The number of rotatable bonds is 5. The van der Waals surface area contributed by atoms with Crippen molar-refractivity contribution in [3.8, 4) is 11.5 Å². The van der Waals surface area contributed by atoms with Gasteiger partial charge in [0.05, 0.1) is 44.2 Å². The van der Waals surface area contributed by atoms with Crippen molar-refractivity contribution >= 4 is 11.9 Å². The van der Waals surface area contributed by atoms with Gasteiger partial charge in [0.1, 0.15) is 0 Å². The van der Waals surface area contributed by atoms with Gasteiger partial charge < -0.3 is 30.1 Å². The summed E-state index contributed by atoms with van der Waals surface area (Å²) in [5.41, 5.74) is 1.85. The first-order valence-corrected chi connectivity index (χ1v) is 9.33. The fraction of sp³-hybridized carbons (Fsp3) is 0.474. The second kappa shape index (κ2) is 7.69. The van der Waals surface area contributed by atoms with E-state index in [1.54, 1.807) is 17.0 Å². The van der Waals surface area contributed by atoms with E-state index in [-0.39, 0.29) is 17.7 Å². The number of nitrogens with zero attached hydrogens (tertiary/aromatic N) is 2. The lowest BCUT2D eigenvalue weighted by Crippen LogP contribution is -2.44. The summed E-state index contributed by atoms with van der Waals surface area (Å²) in [4.78, 5) is 29.3.